The smallest absolute Gasteiger partial charge is 0.0412 e. The molecule has 2 unspecified atom stereocenters. The summed E-state index contributed by atoms with van der Waals surface area (Å²) in [5.41, 5.74) is 0. The lowest BCUT2D eigenvalue weighted by Crippen LogP contribution is -2.09. The molecular formula is C18H38. The van der Waals surface area contributed by atoms with Crippen LogP contribution in [0.1, 0.15) is 105 Å². The largest absolute Gasteiger partial charge is 0.0654 e. The Bertz CT molecular complexity index is 150. The van der Waals surface area contributed by atoms with Gasteiger partial charge in [0.25, 0.3) is 0 Å². The van der Waals surface area contributed by atoms with Crippen LogP contribution in [-0.4, -0.2) is 0 Å². The molecule has 0 rings (SSSR count). The zero-order chi connectivity index (χ0) is 13.6. The van der Waals surface area contributed by atoms with Gasteiger partial charge in [-0.05, 0) is 18.3 Å². The van der Waals surface area contributed by atoms with Gasteiger partial charge in [0.1, 0.15) is 0 Å². The molecule has 18 heavy (non-hydrogen) atoms. The van der Waals surface area contributed by atoms with Gasteiger partial charge < -0.3 is 0 Å². The summed E-state index contributed by atoms with van der Waals surface area (Å²) in [6.07, 6.45) is 17.3. The Balaban J connectivity index is 3.81. The van der Waals surface area contributed by atoms with Crippen molar-refractivity contribution in [3.8, 4) is 0 Å². The van der Waals surface area contributed by atoms with Gasteiger partial charge in [-0.25, -0.2) is 0 Å². The maximum Gasteiger partial charge on any atom is -0.0412 e. The molecule has 0 aliphatic carbocycles. The third-order valence-corrected chi connectivity index (χ3v) is 4.35. The third kappa shape index (κ3) is 9.97. The first-order valence-corrected chi connectivity index (χ1v) is 8.78. The second kappa shape index (κ2) is 13.4. The first-order valence-electron chi connectivity index (χ1n) is 8.78. The van der Waals surface area contributed by atoms with Gasteiger partial charge in [-0.3, -0.25) is 0 Å². The van der Waals surface area contributed by atoms with Crippen LogP contribution in [0.2, 0.25) is 0 Å². The maximum absolute atomic E-state index is 2.38. The van der Waals surface area contributed by atoms with Crippen LogP contribution in [0.15, 0.2) is 0 Å². The summed E-state index contributed by atoms with van der Waals surface area (Å²) in [5.74, 6) is 2.02. The van der Waals surface area contributed by atoms with Crippen LogP contribution in [0.4, 0.5) is 0 Å². The molecule has 0 spiro atoms. The molecule has 0 heterocycles. The molecule has 0 radical (unpaired) electrons. The monoisotopic (exact) mass is 254 g/mol. The molecule has 110 valence electrons. The summed E-state index contributed by atoms with van der Waals surface area (Å²) in [6, 6.07) is 0. The van der Waals surface area contributed by atoms with Gasteiger partial charge in [0.2, 0.25) is 0 Å². The highest BCUT2D eigenvalue weighted by molar-refractivity contribution is 4.66. The molecule has 0 aliphatic rings. The fraction of sp³-hybridized carbons (Fsp3) is 1.00. The van der Waals surface area contributed by atoms with Crippen molar-refractivity contribution in [3.63, 3.8) is 0 Å². The fourth-order valence-corrected chi connectivity index (χ4v) is 3.19. The Labute approximate surface area is 117 Å². The highest BCUT2D eigenvalue weighted by Gasteiger charge is 2.13. The zero-order valence-corrected chi connectivity index (χ0v) is 13.6. The van der Waals surface area contributed by atoms with Crippen molar-refractivity contribution >= 4 is 0 Å². The van der Waals surface area contributed by atoms with Gasteiger partial charge in [0.15, 0.2) is 0 Å². The van der Waals surface area contributed by atoms with Crippen LogP contribution in [0.3, 0.4) is 0 Å². The van der Waals surface area contributed by atoms with Gasteiger partial charge in [-0.2, -0.15) is 0 Å². The summed E-state index contributed by atoms with van der Waals surface area (Å²) in [5, 5.41) is 0. The molecule has 0 saturated heterocycles. The summed E-state index contributed by atoms with van der Waals surface area (Å²) >= 11 is 0. The maximum atomic E-state index is 2.38. The van der Waals surface area contributed by atoms with E-state index in [1.54, 1.807) is 0 Å². The molecule has 0 fully saturated rings. The quantitative estimate of drug-likeness (QED) is 0.311. The normalized spacial score (nSPS) is 14.7. The first-order chi connectivity index (χ1) is 8.78. The Morgan fingerprint density at radius 2 is 1.17 bits per heavy atom. The Hall–Kier alpha value is 0. The lowest BCUT2D eigenvalue weighted by atomic mass is 9.84. The van der Waals surface area contributed by atoms with Gasteiger partial charge in [0.05, 0.1) is 0 Å². The van der Waals surface area contributed by atoms with Gasteiger partial charge >= 0.3 is 0 Å². The summed E-state index contributed by atoms with van der Waals surface area (Å²) in [6.45, 7) is 9.37. The van der Waals surface area contributed by atoms with Crippen LogP contribution in [0, 0.1) is 11.8 Å². The second-order valence-electron chi connectivity index (χ2n) is 6.16. The number of hydrogen-bond donors (Lipinski definition) is 0. The number of rotatable bonds is 13. The van der Waals surface area contributed by atoms with Crippen molar-refractivity contribution < 1.29 is 0 Å². The lowest BCUT2D eigenvalue weighted by molar-refractivity contribution is 0.303. The van der Waals surface area contributed by atoms with Gasteiger partial charge in [0, 0.05) is 0 Å². The Kier molecular flexibility index (Phi) is 13.4. The van der Waals surface area contributed by atoms with E-state index in [1.165, 1.54) is 77.0 Å². The van der Waals surface area contributed by atoms with Crippen molar-refractivity contribution in [2.75, 3.05) is 0 Å². The minimum Gasteiger partial charge on any atom is -0.0654 e. The zero-order valence-electron chi connectivity index (χ0n) is 13.6. The van der Waals surface area contributed by atoms with Crippen molar-refractivity contribution in [1.29, 1.82) is 0 Å². The van der Waals surface area contributed by atoms with E-state index in [1.807, 2.05) is 0 Å². The van der Waals surface area contributed by atoms with Crippen molar-refractivity contribution in [1.82, 2.24) is 0 Å². The van der Waals surface area contributed by atoms with Crippen LogP contribution in [0.5, 0.6) is 0 Å². The molecule has 0 saturated carbocycles. The van der Waals surface area contributed by atoms with E-state index >= 15 is 0 Å². The van der Waals surface area contributed by atoms with Crippen LogP contribution >= 0.6 is 0 Å². The average Bonchev–Trinajstić information content (AvgIpc) is 2.38. The molecule has 0 heteroatoms. The Morgan fingerprint density at radius 1 is 0.556 bits per heavy atom. The van der Waals surface area contributed by atoms with E-state index in [0.29, 0.717) is 0 Å². The predicted octanol–water partition coefficient (Wildman–Crippen LogP) is 6.98. The third-order valence-electron chi connectivity index (χ3n) is 4.35. The average molecular weight is 255 g/mol. The predicted molar refractivity (Wildman–Crippen MR) is 85.1 cm³/mol. The Morgan fingerprint density at radius 3 is 1.72 bits per heavy atom. The summed E-state index contributed by atoms with van der Waals surface area (Å²) in [4.78, 5) is 0. The van der Waals surface area contributed by atoms with Crippen LogP contribution in [0.25, 0.3) is 0 Å². The number of hydrogen-bond acceptors (Lipinski definition) is 0. The van der Waals surface area contributed by atoms with Crippen LogP contribution in [-0.2, 0) is 0 Å². The summed E-state index contributed by atoms with van der Waals surface area (Å²) in [7, 11) is 0. The fourth-order valence-electron chi connectivity index (χ4n) is 3.19. The van der Waals surface area contributed by atoms with E-state index in [0.717, 1.165) is 11.8 Å². The molecule has 0 aromatic carbocycles. The molecule has 0 aromatic heterocycles. The molecule has 0 aromatic rings. The van der Waals surface area contributed by atoms with Gasteiger partial charge in [-0.15, -0.1) is 0 Å². The minimum atomic E-state index is 1.00. The standard InChI is InChI=1S/C18H38/c1-5-9-10-11-12-15-18(14-7-3)16-17(8-4)13-6-2/h17-18H,5-16H2,1-4H3. The molecule has 0 bridgehead atoms. The van der Waals surface area contributed by atoms with Crippen LogP contribution < -0.4 is 0 Å². The first kappa shape index (κ1) is 18.0. The molecule has 0 nitrogen and oxygen atoms in total. The molecular weight excluding hydrogens is 216 g/mol. The number of unbranched alkanes of at least 4 members (excludes halogenated alkanes) is 4. The molecule has 2 atom stereocenters. The second-order valence-corrected chi connectivity index (χ2v) is 6.16. The highest BCUT2D eigenvalue weighted by Crippen LogP contribution is 2.27. The van der Waals surface area contributed by atoms with E-state index in [9.17, 15) is 0 Å². The van der Waals surface area contributed by atoms with Crippen molar-refractivity contribution in [3.05, 3.63) is 0 Å². The summed E-state index contributed by atoms with van der Waals surface area (Å²) < 4.78 is 0. The van der Waals surface area contributed by atoms with Gasteiger partial charge in [-0.1, -0.05) is 98.3 Å². The lowest BCUT2D eigenvalue weighted by Gasteiger charge is -2.22. The highest BCUT2D eigenvalue weighted by atomic mass is 14.2. The van der Waals surface area contributed by atoms with Crippen molar-refractivity contribution in [2.24, 2.45) is 11.8 Å². The molecule has 0 amide bonds. The van der Waals surface area contributed by atoms with E-state index < -0.39 is 0 Å². The minimum absolute atomic E-state index is 1.00. The topological polar surface area (TPSA) is 0 Å². The molecule has 0 aliphatic heterocycles. The SMILES string of the molecule is CCCCCCCC(CCC)CC(CC)CCC. The van der Waals surface area contributed by atoms with E-state index in [2.05, 4.69) is 27.7 Å². The molecule has 0 N–H and O–H groups in total. The van der Waals surface area contributed by atoms with E-state index in [4.69, 9.17) is 0 Å². The van der Waals surface area contributed by atoms with E-state index in [-0.39, 0.29) is 0 Å². The van der Waals surface area contributed by atoms with Crippen molar-refractivity contribution in [2.45, 2.75) is 105 Å².